The molecule has 1 aromatic carbocycles. The van der Waals surface area contributed by atoms with Gasteiger partial charge in [0.25, 0.3) is 10.1 Å². The summed E-state index contributed by atoms with van der Waals surface area (Å²) in [5.74, 6) is 0. The van der Waals surface area contributed by atoms with Crippen molar-refractivity contribution in [3.63, 3.8) is 0 Å². The van der Waals surface area contributed by atoms with Crippen LogP contribution >= 0.6 is 0 Å². The minimum atomic E-state index is -3.59. The van der Waals surface area contributed by atoms with Crippen molar-refractivity contribution in [2.24, 2.45) is 0 Å². The first-order valence-electron chi connectivity index (χ1n) is 10.0. The fourth-order valence-electron chi connectivity index (χ4n) is 2.53. The number of hydrogen-bond donors (Lipinski definition) is 1. The Kier molecular flexibility index (Phi) is 15.7. The first kappa shape index (κ1) is 25.1. The number of nitrogens with one attached hydrogen (secondary N) is 1. The second-order valence-electron chi connectivity index (χ2n) is 6.77. The summed E-state index contributed by atoms with van der Waals surface area (Å²) in [5, 5.41) is 2.75. The third-order valence-electron chi connectivity index (χ3n) is 4.05. The average Bonchev–Trinajstić information content (AvgIpc) is 2.61. The molecule has 0 atom stereocenters. The number of unbranched alkanes of at least 4 members (excludes halogenated alkanes) is 9. The molecule has 0 aliphatic heterocycles. The SMILES string of the molecule is CCCCCCCCCCCCOS(=O)(=O)c1ccc(C)cc1.CNC. The quantitative estimate of drug-likeness (QED) is 0.362. The summed E-state index contributed by atoms with van der Waals surface area (Å²) in [5.41, 5.74) is 1.04. The highest BCUT2D eigenvalue weighted by Crippen LogP contribution is 2.15. The van der Waals surface area contributed by atoms with Crippen LogP contribution in [0.4, 0.5) is 0 Å². The molecule has 0 aliphatic rings. The Morgan fingerprint density at radius 3 is 1.69 bits per heavy atom. The molecular formula is C21H39NO3S. The second-order valence-corrected chi connectivity index (χ2v) is 8.39. The predicted octanol–water partition coefficient (Wildman–Crippen LogP) is 5.46. The molecule has 1 aromatic rings. The van der Waals surface area contributed by atoms with Crippen LogP contribution in [0.5, 0.6) is 0 Å². The summed E-state index contributed by atoms with van der Waals surface area (Å²) >= 11 is 0. The van der Waals surface area contributed by atoms with E-state index in [1.165, 1.54) is 51.4 Å². The number of aryl methyl sites for hydroxylation is 1. The molecule has 0 fully saturated rings. The Labute approximate surface area is 161 Å². The van der Waals surface area contributed by atoms with Crippen LogP contribution in [0.2, 0.25) is 0 Å². The van der Waals surface area contributed by atoms with E-state index < -0.39 is 10.1 Å². The first-order chi connectivity index (χ1) is 12.5. The smallest absolute Gasteiger partial charge is 0.296 e. The summed E-state index contributed by atoms with van der Waals surface area (Å²) in [7, 11) is 0.163. The van der Waals surface area contributed by atoms with Gasteiger partial charge in [0.1, 0.15) is 0 Å². The molecule has 0 radical (unpaired) electrons. The van der Waals surface area contributed by atoms with Crippen molar-refractivity contribution in [1.82, 2.24) is 5.32 Å². The molecule has 0 aliphatic carbocycles. The molecule has 4 nitrogen and oxygen atoms in total. The Balaban J connectivity index is 0.00000194. The summed E-state index contributed by atoms with van der Waals surface area (Å²) in [6.07, 6.45) is 12.3. The van der Waals surface area contributed by atoms with E-state index in [0.717, 1.165) is 18.4 Å². The van der Waals surface area contributed by atoms with Crippen LogP contribution < -0.4 is 5.32 Å². The van der Waals surface area contributed by atoms with Gasteiger partial charge in [-0.15, -0.1) is 0 Å². The number of benzene rings is 1. The van der Waals surface area contributed by atoms with Crippen molar-refractivity contribution in [3.05, 3.63) is 29.8 Å². The van der Waals surface area contributed by atoms with Crippen LogP contribution in [0.1, 0.15) is 76.7 Å². The van der Waals surface area contributed by atoms with Gasteiger partial charge in [-0.1, -0.05) is 82.4 Å². The predicted molar refractivity (Wildman–Crippen MR) is 111 cm³/mol. The van der Waals surface area contributed by atoms with Crippen LogP contribution in [0.15, 0.2) is 29.2 Å². The Morgan fingerprint density at radius 2 is 1.23 bits per heavy atom. The summed E-state index contributed by atoms with van der Waals surface area (Å²) in [6.45, 7) is 4.45. The minimum Gasteiger partial charge on any atom is -0.323 e. The molecule has 0 saturated heterocycles. The lowest BCUT2D eigenvalue weighted by Gasteiger charge is -2.06. The van der Waals surface area contributed by atoms with Crippen LogP contribution in [-0.4, -0.2) is 29.1 Å². The number of rotatable bonds is 13. The lowest BCUT2D eigenvalue weighted by Crippen LogP contribution is -2.07. The molecule has 1 N–H and O–H groups in total. The fraction of sp³-hybridized carbons (Fsp3) is 0.714. The summed E-state index contributed by atoms with van der Waals surface area (Å²) in [6, 6.07) is 6.78. The van der Waals surface area contributed by atoms with E-state index in [0.29, 0.717) is 0 Å². The van der Waals surface area contributed by atoms with E-state index in [1.54, 1.807) is 24.3 Å². The van der Waals surface area contributed by atoms with Gasteiger partial charge < -0.3 is 5.32 Å². The average molecular weight is 386 g/mol. The van der Waals surface area contributed by atoms with E-state index in [9.17, 15) is 8.42 Å². The van der Waals surface area contributed by atoms with Crippen LogP contribution in [0.25, 0.3) is 0 Å². The van der Waals surface area contributed by atoms with Crippen molar-refractivity contribution in [3.8, 4) is 0 Å². The summed E-state index contributed by atoms with van der Waals surface area (Å²) in [4.78, 5) is 0.246. The van der Waals surface area contributed by atoms with Crippen LogP contribution in [0.3, 0.4) is 0 Å². The highest BCUT2D eigenvalue weighted by molar-refractivity contribution is 7.86. The Bertz CT molecular complexity index is 527. The largest absolute Gasteiger partial charge is 0.323 e. The van der Waals surface area contributed by atoms with E-state index in [1.807, 2.05) is 21.0 Å². The Hall–Kier alpha value is -0.910. The topological polar surface area (TPSA) is 55.4 Å². The normalized spacial score (nSPS) is 11.1. The molecule has 0 bridgehead atoms. The van der Waals surface area contributed by atoms with Gasteiger partial charge in [-0.05, 0) is 39.6 Å². The lowest BCUT2D eigenvalue weighted by molar-refractivity contribution is 0.306. The van der Waals surface area contributed by atoms with Gasteiger partial charge in [-0.25, -0.2) is 0 Å². The van der Waals surface area contributed by atoms with Crippen LogP contribution in [0, 0.1) is 6.92 Å². The van der Waals surface area contributed by atoms with Crippen molar-refractivity contribution < 1.29 is 12.6 Å². The number of hydrogen-bond acceptors (Lipinski definition) is 4. The van der Waals surface area contributed by atoms with Crippen molar-refractivity contribution in [1.29, 1.82) is 0 Å². The molecule has 26 heavy (non-hydrogen) atoms. The van der Waals surface area contributed by atoms with Crippen molar-refractivity contribution in [2.45, 2.75) is 83.0 Å². The third kappa shape index (κ3) is 13.3. The van der Waals surface area contributed by atoms with Gasteiger partial charge in [-0.2, -0.15) is 8.42 Å². The molecule has 0 amide bonds. The summed E-state index contributed by atoms with van der Waals surface area (Å²) < 4.78 is 29.1. The molecular weight excluding hydrogens is 346 g/mol. The van der Waals surface area contributed by atoms with E-state index in [2.05, 4.69) is 12.2 Å². The molecule has 0 unspecified atom stereocenters. The van der Waals surface area contributed by atoms with Gasteiger partial charge in [0.05, 0.1) is 11.5 Å². The van der Waals surface area contributed by atoms with E-state index in [4.69, 9.17) is 4.18 Å². The fourth-order valence-corrected chi connectivity index (χ4v) is 3.47. The maximum absolute atomic E-state index is 12.0. The zero-order valence-electron chi connectivity index (χ0n) is 17.2. The monoisotopic (exact) mass is 385 g/mol. The van der Waals surface area contributed by atoms with Crippen molar-refractivity contribution in [2.75, 3.05) is 20.7 Å². The first-order valence-corrected chi connectivity index (χ1v) is 11.4. The molecule has 0 saturated carbocycles. The van der Waals surface area contributed by atoms with Gasteiger partial charge in [0, 0.05) is 0 Å². The second kappa shape index (κ2) is 16.3. The van der Waals surface area contributed by atoms with E-state index >= 15 is 0 Å². The minimum absolute atomic E-state index is 0.246. The van der Waals surface area contributed by atoms with Crippen LogP contribution in [-0.2, 0) is 14.3 Å². The zero-order valence-corrected chi connectivity index (χ0v) is 18.0. The maximum Gasteiger partial charge on any atom is 0.296 e. The molecule has 5 heteroatoms. The van der Waals surface area contributed by atoms with E-state index in [-0.39, 0.29) is 11.5 Å². The molecule has 1 rings (SSSR count). The van der Waals surface area contributed by atoms with Gasteiger partial charge in [0.2, 0.25) is 0 Å². The lowest BCUT2D eigenvalue weighted by atomic mass is 10.1. The molecule has 0 aromatic heterocycles. The standard InChI is InChI=1S/C19H32O3S.C2H7N/c1-3-4-5-6-7-8-9-10-11-12-17-22-23(20,21)19-15-13-18(2)14-16-19;1-3-2/h13-16H,3-12,17H2,1-2H3;3H,1-2H3. The third-order valence-corrected chi connectivity index (χ3v) is 5.37. The van der Waals surface area contributed by atoms with Gasteiger partial charge >= 0.3 is 0 Å². The zero-order chi connectivity index (χ0) is 19.7. The van der Waals surface area contributed by atoms with Crippen molar-refractivity contribution >= 4 is 10.1 Å². The Morgan fingerprint density at radius 1 is 0.808 bits per heavy atom. The van der Waals surface area contributed by atoms with Gasteiger partial charge in [-0.3, -0.25) is 4.18 Å². The highest BCUT2D eigenvalue weighted by Gasteiger charge is 2.14. The molecule has 152 valence electrons. The maximum atomic E-state index is 12.0. The molecule has 0 heterocycles. The molecule has 0 spiro atoms. The van der Waals surface area contributed by atoms with Gasteiger partial charge in [0.15, 0.2) is 0 Å². The highest BCUT2D eigenvalue weighted by atomic mass is 32.2.